The molecule has 96 valence electrons. The van der Waals surface area contributed by atoms with Crippen molar-refractivity contribution in [3.8, 4) is 11.4 Å². The summed E-state index contributed by atoms with van der Waals surface area (Å²) in [6.45, 7) is 4.72. The average Bonchev–Trinajstić information content (AvgIpc) is 2.77. The van der Waals surface area contributed by atoms with E-state index in [0.717, 1.165) is 10.0 Å². The minimum atomic E-state index is 0.347. The van der Waals surface area contributed by atoms with Gasteiger partial charge in [0.25, 0.3) is 0 Å². The highest BCUT2D eigenvalue weighted by molar-refractivity contribution is 9.10. The van der Waals surface area contributed by atoms with Gasteiger partial charge in [0.15, 0.2) is 0 Å². The van der Waals surface area contributed by atoms with Gasteiger partial charge in [-0.2, -0.15) is 4.98 Å². The molecule has 4 nitrogen and oxygen atoms in total. The molecule has 0 aliphatic carbocycles. The molecule has 0 spiro atoms. The van der Waals surface area contributed by atoms with Gasteiger partial charge in [-0.1, -0.05) is 34.1 Å². The molecule has 0 saturated carbocycles. The molecule has 1 unspecified atom stereocenters. The number of nitrogens with zero attached hydrogens (tertiary/aromatic N) is 2. The molecule has 18 heavy (non-hydrogen) atoms. The van der Waals surface area contributed by atoms with E-state index in [9.17, 15) is 0 Å². The van der Waals surface area contributed by atoms with Crippen LogP contribution in [0.4, 0.5) is 0 Å². The highest BCUT2D eigenvalue weighted by atomic mass is 79.9. The van der Waals surface area contributed by atoms with E-state index >= 15 is 0 Å². The van der Waals surface area contributed by atoms with Gasteiger partial charge in [0.2, 0.25) is 11.7 Å². The van der Waals surface area contributed by atoms with E-state index in [1.807, 2.05) is 25.1 Å². The molecule has 0 saturated heterocycles. The summed E-state index contributed by atoms with van der Waals surface area (Å²) in [5, 5.41) is 4.01. The molecule has 0 radical (unpaired) electrons. The van der Waals surface area contributed by atoms with Crippen LogP contribution in [0, 0.1) is 12.8 Å². The zero-order valence-electron chi connectivity index (χ0n) is 10.5. The van der Waals surface area contributed by atoms with Gasteiger partial charge >= 0.3 is 0 Å². The Morgan fingerprint density at radius 2 is 2.22 bits per heavy atom. The van der Waals surface area contributed by atoms with Crippen molar-refractivity contribution in [1.82, 2.24) is 10.1 Å². The Hall–Kier alpha value is -1.20. The number of halogens is 1. The van der Waals surface area contributed by atoms with Crippen LogP contribution in [0.3, 0.4) is 0 Å². The van der Waals surface area contributed by atoms with Crippen LogP contribution in [0.15, 0.2) is 27.2 Å². The lowest BCUT2D eigenvalue weighted by Gasteiger charge is -2.02. The van der Waals surface area contributed by atoms with Crippen molar-refractivity contribution >= 4 is 15.9 Å². The van der Waals surface area contributed by atoms with E-state index in [1.165, 1.54) is 5.56 Å². The van der Waals surface area contributed by atoms with Gasteiger partial charge in [-0.25, -0.2) is 0 Å². The third kappa shape index (κ3) is 2.97. The summed E-state index contributed by atoms with van der Waals surface area (Å²) < 4.78 is 6.21. The molecule has 1 aromatic carbocycles. The van der Waals surface area contributed by atoms with Gasteiger partial charge in [-0.15, -0.1) is 0 Å². The lowest BCUT2D eigenvalue weighted by atomic mass is 10.1. The monoisotopic (exact) mass is 309 g/mol. The fraction of sp³-hybridized carbons (Fsp3) is 0.385. The molecular formula is C13H16BrN3O. The lowest BCUT2D eigenvalue weighted by Crippen LogP contribution is -2.13. The SMILES string of the molecule is Cc1ccc(-c2noc(CC(C)CN)n2)c(Br)c1. The third-order valence-corrected chi connectivity index (χ3v) is 3.42. The molecule has 2 N–H and O–H groups in total. The predicted octanol–water partition coefficient (Wildman–Crippen LogP) is 2.94. The van der Waals surface area contributed by atoms with Crippen molar-refractivity contribution in [3.05, 3.63) is 34.1 Å². The smallest absolute Gasteiger partial charge is 0.227 e. The second-order valence-electron chi connectivity index (χ2n) is 4.54. The second-order valence-corrected chi connectivity index (χ2v) is 5.39. The summed E-state index contributed by atoms with van der Waals surface area (Å²) in [5.41, 5.74) is 7.71. The van der Waals surface area contributed by atoms with Crippen molar-refractivity contribution in [2.24, 2.45) is 11.7 Å². The van der Waals surface area contributed by atoms with Crippen LogP contribution in [0.5, 0.6) is 0 Å². The van der Waals surface area contributed by atoms with Crippen LogP contribution in [0.2, 0.25) is 0 Å². The molecule has 2 aromatic rings. The number of aromatic nitrogens is 2. The molecule has 1 atom stereocenters. The van der Waals surface area contributed by atoms with Gasteiger partial charge < -0.3 is 10.3 Å². The molecule has 0 aliphatic heterocycles. The minimum Gasteiger partial charge on any atom is -0.339 e. The van der Waals surface area contributed by atoms with Crippen molar-refractivity contribution < 1.29 is 4.52 Å². The molecule has 0 aliphatic rings. The zero-order chi connectivity index (χ0) is 13.1. The predicted molar refractivity (Wildman–Crippen MR) is 74.1 cm³/mol. The quantitative estimate of drug-likeness (QED) is 0.943. The van der Waals surface area contributed by atoms with Gasteiger partial charge in [-0.3, -0.25) is 0 Å². The fourth-order valence-electron chi connectivity index (χ4n) is 1.63. The van der Waals surface area contributed by atoms with Gasteiger partial charge in [0.05, 0.1) is 0 Å². The summed E-state index contributed by atoms with van der Waals surface area (Å²) in [7, 11) is 0. The lowest BCUT2D eigenvalue weighted by molar-refractivity contribution is 0.360. The number of benzene rings is 1. The molecule has 0 amide bonds. The number of hydrogen-bond acceptors (Lipinski definition) is 4. The first-order valence-electron chi connectivity index (χ1n) is 5.89. The highest BCUT2D eigenvalue weighted by Crippen LogP contribution is 2.27. The Labute approximate surface area is 115 Å². The molecular weight excluding hydrogens is 294 g/mol. The van der Waals surface area contributed by atoms with Crippen LogP contribution in [0.25, 0.3) is 11.4 Å². The van der Waals surface area contributed by atoms with Gasteiger partial charge in [-0.05, 0) is 37.1 Å². The Bertz CT molecular complexity index is 539. The molecule has 5 heteroatoms. The number of hydrogen-bond donors (Lipinski definition) is 1. The molecule has 1 aromatic heterocycles. The average molecular weight is 310 g/mol. The standard InChI is InChI=1S/C13H16BrN3O/c1-8-3-4-10(11(14)5-8)13-16-12(18-17-13)6-9(2)7-15/h3-5,9H,6-7,15H2,1-2H3. The summed E-state index contributed by atoms with van der Waals surface area (Å²) in [4.78, 5) is 4.40. The summed E-state index contributed by atoms with van der Waals surface area (Å²) in [6.07, 6.45) is 0.715. The Balaban J connectivity index is 2.24. The topological polar surface area (TPSA) is 64.9 Å². The van der Waals surface area contributed by atoms with Crippen LogP contribution >= 0.6 is 15.9 Å². The third-order valence-electron chi connectivity index (χ3n) is 2.76. The summed E-state index contributed by atoms with van der Waals surface area (Å²) in [6, 6.07) is 6.05. The maximum Gasteiger partial charge on any atom is 0.227 e. The van der Waals surface area contributed by atoms with E-state index in [2.05, 4.69) is 33.0 Å². The Morgan fingerprint density at radius 3 is 2.89 bits per heavy atom. The summed E-state index contributed by atoms with van der Waals surface area (Å²) in [5.74, 6) is 1.59. The molecule has 1 heterocycles. The van der Waals surface area contributed by atoms with Crippen molar-refractivity contribution in [1.29, 1.82) is 0 Å². The first-order valence-corrected chi connectivity index (χ1v) is 6.68. The zero-order valence-corrected chi connectivity index (χ0v) is 12.1. The van der Waals surface area contributed by atoms with Crippen molar-refractivity contribution in [2.45, 2.75) is 20.3 Å². The first-order chi connectivity index (χ1) is 8.60. The maximum atomic E-state index is 5.58. The minimum absolute atomic E-state index is 0.347. The van der Waals surface area contributed by atoms with E-state index in [0.29, 0.717) is 30.6 Å². The summed E-state index contributed by atoms with van der Waals surface area (Å²) >= 11 is 3.52. The van der Waals surface area contributed by atoms with Crippen molar-refractivity contribution in [2.75, 3.05) is 6.54 Å². The normalized spacial score (nSPS) is 12.7. The van der Waals surface area contributed by atoms with Crippen molar-refractivity contribution in [3.63, 3.8) is 0 Å². The van der Waals surface area contributed by atoms with Crippen LogP contribution in [-0.2, 0) is 6.42 Å². The van der Waals surface area contributed by atoms with E-state index in [-0.39, 0.29) is 0 Å². The largest absolute Gasteiger partial charge is 0.339 e. The van der Waals surface area contributed by atoms with E-state index < -0.39 is 0 Å². The van der Waals surface area contributed by atoms with Crippen LogP contribution in [-0.4, -0.2) is 16.7 Å². The van der Waals surface area contributed by atoms with Gasteiger partial charge in [0.1, 0.15) is 0 Å². The fourth-order valence-corrected chi connectivity index (χ4v) is 2.30. The van der Waals surface area contributed by atoms with E-state index in [4.69, 9.17) is 10.3 Å². The highest BCUT2D eigenvalue weighted by Gasteiger charge is 2.13. The first kappa shape index (κ1) is 13.2. The molecule has 0 fully saturated rings. The maximum absolute atomic E-state index is 5.58. The Kier molecular flexibility index (Phi) is 4.14. The molecule has 0 bridgehead atoms. The van der Waals surface area contributed by atoms with E-state index in [1.54, 1.807) is 0 Å². The second kappa shape index (κ2) is 5.63. The number of rotatable bonds is 4. The number of aryl methyl sites for hydroxylation is 1. The molecule has 2 rings (SSSR count). The van der Waals surface area contributed by atoms with Crippen LogP contribution < -0.4 is 5.73 Å². The Morgan fingerprint density at radius 1 is 1.44 bits per heavy atom. The van der Waals surface area contributed by atoms with Gasteiger partial charge in [0, 0.05) is 16.5 Å². The number of nitrogens with two attached hydrogens (primary N) is 1. The van der Waals surface area contributed by atoms with Crippen LogP contribution in [0.1, 0.15) is 18.4 Å².